The van der Waals surface area contributed by atoms with Crippen molar-refractivity contribution in [3.05, 3.63) is 25.3 Å². The Hall–Kier alpha value is -2.84. The van der Waals surface area contributed by atoms with Crippen molar-refractivity contribution < 1.29 is 38.1 Å². The first-order valence-corrected chi connectivity index (χ1v) is 10.6. The molecule has 9 nitrogen and oxygen atoms in total. The van der Waals surface area contributed by atoms with Gasteiger partial charge in [0.05, 0.1) is 0 Å². The van der Waals surface area contributed by atoms with Crippen molar-refractivity contribution in [3.8, 4) is 0 Å². The number of nitrogens with one attached hydrogen (secondary N) is 1. The monoisotopic (exact) mass is 453 g/mol. The second-order valence-corrected chi connectivity index (χ2v) is 9.08. The van der Waals surface area contributed by atoms with Gasteiger partial charge in [0.15, 0.2) is 0 Å². The van der Waals surface area contributed by atoms with Crippen molar-refractivity contribution in [2.75, 3.05) is 33.0 Å². The maximum Gasteiger partial charge on any atom is 0.407 e. The topological polar surface area (TPSA) is 117 Å². The Morgan fingerprint density at radius 1 is 0.875 bits per heavy atom. The SMILES string of the molecule is C=CC(=O)OCCOC(=O)CC1CC(C)(C)CC(C)(CNC(=O)OCCOC(=O)C=C)C1. The van der Waals surface area contributed by atoms with Crippen LogP contribution in [0.5, 0.6) is 0 Å². The number of esters is 3. The largest absolute Gasteiger partial charge is 0.462 e. The quantitative estimate of drug-likeness (QED) is 0.207. The van der Waals surface area contributed by atoms with Gasteiger partial charge >= 0.3 is 24.0 Å². The van der Waals surface area contributed by atoms with Crippen LogP contribution in [0, 0.1) is 16.7 Å². The van der Waals surface area contributed by atoms with Gasteiger partial charge in [-0.3, -0.25) is 4.79 Å². The van der Waals surface area contributed by atoms with E-state index in [1.54, 1.807) is 0 Å². The molecule has 180 valence electrons. The number of carbonyl (C=O) groups is 4. The molecule has 32 heavy (non-hydrogen) atoms. The van der Waals surface area contributed by atoms with Crippen molar-refractivity contribution in [3.63, 3.8) is 0 Å². The molecule has 1 N–H and O–H groups in total. The fourth-order valence-electron chi connectivity index (χ4n) is 4.45. The van der Waals surface area contributed by atoms with Gasteiger partial charge in [0.25, 0.3) is 0 Å². The standard InChI is InChI=1S/C23H35NO8/c1-6-18(25)29-8-9-31-20(27)12-17-13-22(3,4)15-23(5,14-17)16-24-21(28)32-11-10-30-19(26)7-2/h6-7,17H,1-2,8-16H2,3-5H3,(H,24,28). The minimum absolute atomic E-state index is 0.00129. The number of hydrogen-bond donors (Lipinski definition) is 1. The smallest absolute Gasteiger partial charge is 0.407 e. The summed E-state index contributed by atoms with van der Waals surface area (Å²) < 4.78 is 19.7. The fourth-order valence-corrected chi connectivity index (χ4v) is 4.45. The lowest BCUT2D eigenvalue weighted by Crippen LogP contribution is -2.44. The van der Waals surface area contributed by atoms with Crippen molar-refractivity contribution >= 4 is 24.0 Å². The van der Waals surface area contributed by atoms with E-state index in [0.29, 0.717) is 6.54 Å². The first-order valence-electron chi connectivity index (χ1n) is 10.6. The van der Waals surface area contributed by atoms with Crippen molar-refractivity contribution in [1.29, 1.82) is 0 Å². The lowest BCUT2D eigenvalue weighted by atomic mass is 9.60. The summed E-state index contributed by atoms with van der Waals surface area (Å²) in [6.45, 7) is 13.2. The van der Waals surface area contributed by atoms with E-state index in [9.17, 15) is 19.2 Å². The molecule has 0 spiro atoms. The highest BCUT2D eigenvalue weighted by molar-refractivity contribution is 5.81. The van der Waals surface area contributed by atoms with Gasteiger partial charge in [-0.2, -0.15) is 0 Å². The molecule has 0 aromatic heterocycles. The van der Waals surface area contributed by atoms with Crippen LogP contribution in [0.1, 0.15) is 46.5 Å². The first-order chi connectivity index (χ1) is 15.0. The van der Waals surface area contributed by atoms with E-state index >= 15 is 0 Å². The van der Waals surface area contributed by atoms with Crippen LogP contribution in [0.25, 0.3) is 0 Å². The number of alkyl carbamates (subject to hydrolysis) is 1. The molecule has 9 heteroatoms. The van der Waals surface area contributed by atoms with Crippen LogP contribution in [0.3, 0.4) is 0 Å². The van der Waals surface area contributed by atoms with Gasteiger partial charge in [-0.15, -0.1) is 0 Å². The molecule has 1 aliphatic rings. The van der Waals surface area contributed by atoms with Crippen LogP contribution in [0.2, 0.25) is 0 Å². The summed E-state index contributed by atoms with van der Waals surface area (Å²) in [5, 5.41) is 2.77. The summed E-state index contributed by atoms with van der Waals surface area (Å²) in [5.74, 6) is -1.38. The molecular formula is C23H35NO8. The van der Waals surface area contributed by atoms with E-state index in [1.165, 1.54) is 0 Å². The molecule has 1 rings (SSSR count). The number of amides is 1. The van der Waals surface area contributed by atoms with E-state index in [0.717, 1.165) is 31.4 Å². The Morgan fingerprint density at radius 2 is 1.41 bits per heavy atom. The molecule has 1 saturated carbocycles. The lowest BCUT2D eigenvalue weighted by Gasteiger charge is -2.46. The normalized spacial score (nSPS) is 21.5. The van der Waals surface area contributed by atoms with Gasteiger partial charge in [0.2, 0.25) is 0 Å². The number of ether oxygens (including phenoxy) is 4. The molecule has 2 unspecified atom stereocenters. The van der Waals surface area contributed by atoms with Gasteiger partial charge in [0, 0.05) is 25.1 Å². The van der Waals surface area contributed by atoms with Gasteiger partial charge in [0.1, 0.15) is 26.4 Å². The Morgan fingerprint density at radius 3 is 1.97 bits per heavy atom. The molecule has 0 bridgehead atoms. The van der Waals surface area contributed by atoms with Crippen LogP contribution in [0.15, 0.2) is 25.3 Å². The predicted octanol–water partition coefficient (Wildman–Crippen LogP) is 2.94. The molecule has 1 aliphatic carbocycles. The first kappa shape index (κ1) is 27.2. The Balaban J connectivity index is 2.46. The van der Waals surface area contributed by atoms with Crippen LogP contribution < -0.4 is 5.32 Å². The molecule has 1 fully saturated rings. The summed E-state index contributed by atoms with van der Waals surface area (Å²) in [7, 11) is 0. The highest BCUT2D eigenvalue weighted by Crippen LogP contribution is 2.49. The van der Waals surface area contributed by atoms with E-state index in [2.05, 4.69) is 39.2 Å². The number of hydrogen-bond acceptors (Lipinski definition) is 8. The third-order valence-electron chi connectivity index (χ3n) is 5.13. The summed E-state index contributed by atoms with van der Waals surface area (Å²) >= 11 is 0. The molecule has 0 aromatic carbocycles. The van der Waals surface area contributed by atoms with Crippen molar-refractivity contribution in [2.24, 2.45) is 16.7 Å². The zero-order valence-electron chi connectivity index (χ0n) is 19.3. The predicted molar refractivity (Wildman–Crippen MR) is 116 cm³/mol. The minimum Gasteiger partial charge on any atom is -0.462 e. The molecule has 0 heterocycles. The van der Waals surface area contributed by atoms with Crippen LogP contribution in [-0.2, 0) is 33.3 Å². The van der Waals surface area contributed by atoms with E-state index in [1.807, 2.05) is 0 Å². The Labute approximate surface area is 189 Å². The third-order valence-corrected chi connectivity index (χ3v) is 5.13. The maximum absolute atomic E-state index is 12.2. The van der Waals surface area contributed by atoms with Crippen molar-refractivity contribution in [2.45, 2.75) is 46.5 Å². The molecule has 1 amide bonds. The number of rotatable bonds is 12. The Kier molecular flexibility index (Phi) is 10.9. The van der Waals surface area contributed by atoms with Crippen LogP contribution in [-0.4, -0.2) is 57.0 Å². The average Bonchev–Trinajstić information content (AvgIpc) is 2.71. The Bertz CT molecular complexity index is 702. The second kappa shape index (κ2) is 12.9. The average molecular weight is 454 g/mol. The zero-order chi connectivity index (χ0) is 24.2. The zero-order valence-corrected chi connectivity index (χ0v) is 19.3. The van der Waals surface area contributed by atoms with Gasteiger partial charge in [-0.1, -0.05) is 33.9 Å². The molecule has 0 aromatic rings. The number of carbonyl (C=O) groups excluding carboxylic acids is 4. The van der Waals surface area contributed by atoms with E-state index in [-0.39, 0.29) is 55.6 Å². The minimum atomic E-state index is -0.589. The van der Waals surface area contributed by atoms with E-state index < -0.39 is 18.0 Å². The molecule has 0 aliphatic heterocycles. The van der Waals surface area contributed by atoms with Gasteiger partial charge < -0.3 is 24.3 Å². The molecule has 2 atom stereocenters. The van der Waals surface area contributed by atoms with Crippen molar-refractivity contribution in [1.82, 2.24) is 5.32 Å². The summed E-state index contributed by atoms with van der Waals surface area (Å²) in [5.41, 5.74) is -0.234. The van der Waals surface area contributed by atoms with Crippen LogP contribution in [0.4, 0.5) is 4.79 Å². The van der Waals surface area contributed by atoms with Crippen LogP contribution >= 0.6 is 0 Å². The van der Waals surface area contributed by atoms with E-state index in [4.69, 9.17) is 18.9 Å². The molecule has 0 radical (unpaired) electrons. The highest BCUT2D eigenvalue weighted by atomic mass is 16.6. The third kappa shape index (κ3) is 11.0. The summed E-state index contributed by atoms with van der Waals surface area (Å²) in [6, 6.07) is 0. The summed E-state index contributed by atoms with van der Waals surface area (Å²) in [6.07, 6.45) is 4.24. The molecular weight excluding hydrogens is 418 g/mol. The molecule has 0 saturated heterocycles. The second-order valence-electron chi connectivity index (χ2n) is 9.08. The maximum atomic E-state index is 12.2. The van der Waals surface area contributed by atoms with Gasteiger partial charge in [-0.05, 0) is 36.0 Å². The lowest BCUT2D eigenvalue weighted by molar-refractivity contribution is -0.151. The summed E-state index contributed by atoms with van der Waals surface area (Å²) in [4.78, 5) is 46.1. The van der Waals surface area contributed by atoms with Gasteiger partial charge in [-0.25, -0.2) is 14.4 Å². The highest BCUT2D eigenvalue weighted by Gasteiger charge is 2.42. The fraction of sp³-hybridized carbons (Fsp3) is 0.652.